The van der Waals surface area contributed by atoms with Crippen LogP contribution in [-0.4, -0.2) is 11.3 Å². The van der Waals surface area contributed by atoms with Crippen molar-refractivity contribution < 1.29 is 4.25 Å². The fourth-order valence-electron chi connectivity index (χ4n) is 0.635. The zero-order chi connectivity index (χ0) is 6.74. The molecule has 0 radical (unpaired) electrons. The highest BCUT2D eigenvalue weighted by Crippen LogP contribution is 2.15. The fraction of sp³-hybridized carbons (Fsp3) is 0.143. The van der Waals surface area contributed by atoms with E-state index in [1.807, 2.05) is 43.8 Å². The van der Waals surface area contributed by atoms with Crippen LogP contribution in [0.1, 0.15) is 0 Å². The van der Waals surface area contributed by atoms with Gasteiger partial charge in [-0.15, -0.1) is 0 Å². The summed E-state index contributed by atoms with van der Waals surface area (Å²) in [5, 5.41) is 0. The molecule has 0 amide bonds. The molecule has 9 heavy (non-hydrogen) atoms. The van der Waals surface area contributed by atoms with Crippen molar-refractivity contribution in [2.75, 3.05) is 7.05 Å². The summed E-state index contributed by atoms with van der Waals surface area (Å²) in [7, 11) is 5.55. The Morgan fingerprint density at radius 1 is 1.00 bits per heavy atom. The van der Waals surface area contributed by atoms with Gasteiger partial charge >= 0.3 is 0 Å². The lowest BCUT2D eigenvalue weighted by Gasteiger charge is -2.29. The van der Waals surface area contributed by atoms with Gasteiger partial charge in [0.25, 0.3) is 0 Å². The summed E-state index contributed by atoms with van der Waals surface area (Å²) in [5.41, 5.74) is 0. The van der Waals surface area contributed by atoms with Crippen LogP contribution in [0.5, 0.6) is 0 Å². The molecule has 0 bridgehead atoms. The Balaban J connectivity index is 2.82. The number of nitrogens with zero attached hydrogens (tertiary/aromatic N) is 1. The van der Waals surface area contributed by atoms with Gasteiger partial charge in [-0.3, -0.25) is 9.39 Å². The summed E-state index contributed by atoms with van der Waals surface area (Å²) in [4.78, 5) is 0. The first-order valence-electron chi connectivity index (χ1n) is 2.85. The lowest BCUT2D eigenvalue weighted by atomic mass is 10.5. The number of hydrogen-bond acceptors (Lipinski definition) is 0. The van der Waals surface area contributed by atoms with Crippen molar-refractivity contribution in [1.29, 1.82) is 0 Å². The molecule has 1 heterocycles. The van der Waals surface area contributed by atoms with Gasteiger partial charge in [0, 0.05) is 0 Å². The standard InChI is InChI=1S/C7H10NP/c1-8(9)6-4-2-3-5-7-8/h2-7,9H,1H3. The Bertz CT molecular complexity index is 159. The van der Waals surface area contributed by atoms with Crippen LogP contribution < -0.4 is 0 Å². The van der Waals surface area contributed by atoms with Crippen LogP contribution in [0.25, 0.3) is 0 Å². The molecule has 0 fully saturated rings. The van der Waals surface area contributed by atoms with Gasteiger partial charge in [0.05, 0.1) is 19.4 Å². The molecule has 0 N–H and O–H groups in total. The second kappa shape index (κ2) is 2.47. The minimum Gasteiger partial charge on any atom is -0.413 e. The van der Waals surface area contributed by atoms with Gasteiger partial charge in [0.15, 0.2) is 0 Å². The molecule has 1 rings (SSSR count). The minimum atomic E-state index is 0.632. The number of quaternary nitrogens is 1. The first kappa shape index (κ1) is 6.73. The largest absolute Gasteiger partial charge is 0.413 e. The zero-order valence-electron chi connectivity index (χ0n) is 5.41. The second-order valence-corrected chi connectivity index (χ2v) is 3.18. The maximum absolute atomic E-state index is 3.52. The van der Waals surface area contributed by atoms with Crippen molar-refractivity contribution in [2.45, 2.75) is 0 Å². The third-order valence-electron chi connectivity index (χ3n) is 1.12. The summed E-state index contributed by atoms with van der Waals surface area (Å²) in [6, 6.07) is 0. The second-order valence-electron chi connectivity index (χ2n) is 2.22. The number of allylic oxidation sites excluding steroid dienone is 4. The number of rotatable bonds is 0. The summed E-state index contributed by atoms with van der Waals surface area (Å²) in [6.45, 7) is 0. The van der Waals surface area contributed by atoms with Crippen LogP contribution in [0.4, 0.5) is 0 Å². The topological polar surface area (TPSA) is 0 Å². The Labute approximate surface area is 58.2 Å². The Morgan fingerprint density at radius 3 is 1.89 bits per heavy atom. The first-order chi connectivity index (χ1) is 4.21. The molecule has 0 saturated heterocycles. The highest BCUT2D eigenvalue weighted by atomic mass is 31.0. The molecular formula is C7H10NP. The molecule has 0 aromatic heterocycles. The van der Waals surface area contributed by atoms with Gasteiger partial charge in [0.2, 0.25) is 0 Å². The minimum absolute atomic E-state index is 0.632. The number of hydrogen-bond donors (Lipinski definition) is 0. The summed E-state index contributed by atoms with van der Waals surface area (Å²) >= 11 is 0. The van der Waals surface area contributed by atoms with Crippen molar-refractivity contribution in [3.63, 3.8) is 0 Å². The monoisotopic (exact) mass is 139 g/mol. The average Bonchev–Trinajstić information content (AvgIpc) is 1.92. The molecule has 0 spiro atoms. The van der Waals surface area contributed by atoms with E-state index in [1.54, 1.807) is 0 Å². The van der Waals surface area contributed by atoms with Crippen LogP contribution in [0, 0.1) is 0 Å². The van der Waals surface area contributed by atoms with Crippen molar-refractivity contribution in [3.05, 3.63) is 36.7 Å². The Kier molecular flexibility index (Phi) is 1.84. The molecule has 0 aromatic rings. The van der Waals surface area contributed by atoms with Gasteiger partial charge in [-0.25, -0.2) is 0 Å². The lowest BCUT2D eigenvalue weighted by Crippen LogP contribution is -2.15. The van der Waals surface area contributed by atoms with Crippen molar-refractivity contribution >= 4 is 9.39 Å². The fourth-order valence-corrected chi connectivity index (χ4v) is 0.807. The smallest absolute Gasteiger partial charge is 0.0726 e. The van der Waals surface area contributed by atoms with E-state index in [1.165, 1.54) is 0 Å². The van der Waals surface area contributed by atoms with Gasteiger partial charge < -0.3 is 4.25 Å². The highest BCUT2D eigenvalue weighted by Gasteiger charge is 1.95. The third-order valence-corrected chi connectivity index (χ3v) is 1.42. The van der Waals surface area contributed by atoms with Crippen molar-refractivity contribution in [3.8, 4) is 0 Å². The summed E-state index contributed by atoms with van der Waals surface area (Å²) in [5.74, 6) is 0. The van der Waals surface area contributed by atoms with E-state index in [9.17, 15) is 0 Å². The van der Waals surface area contributed by atoms with E-state index < -0.39 is 0 Å². The normalized spacial score (nSPS) is 22.0. The van der Waals surface area contributed by atoms with Crippen LogP contribution in [0.15, 0.2) is 36.7 Å². The van der Waals surface area contributed by atoms with Crippen LogP contribution >= 0.6 is 9.39 Å². The maximum Gasteiger partial charge on any atom is 0.0726 e. The molecule has 0 aromatic carbocycles. The van der Waals surface area contributed by atoms with E-state index >= 15 is 0 Å². The molecule has 0 atom stereocenters. The van der Waals surface area contributed by atoms with Crippen LogP contribution in [-0.2, 0) is 0 Å². The molecule has 0 saturated carbocycles. The summed E-state index contributed by atoms with van der Waals surface area (Å²) < 4.78 is 0.632. The predicted molar refractivity (Wildman–Crippen MR) is 41.9 cm³/mol. The Morgan fingerprint density at radius 2 is 1.44 bits per heavy atom. The molecule has 1 aliphatic heterocycles. The maximum atomic E-state index is 3.52. The molecule has 1 nitrogen and oxygen atoms in total. The van der Waals surface area contributed by atoms with E-state index in [4.69, 9.17) is 0 Å². The van der Waals surface area contributed by atoms with Crippen LogP contribution in [0.2, 0.25) is 0 Å². The molecule has 0 unspecified atom stereocenters. The average molecular weight is 139 g/mol. The van der Waals surface area contributed by atoms with Gasteiger partial charge in [-0.1, -0.05) is 12.2 Å². The molecule has 2 heteroatoms. The van der Waals surface area contributed by atoms with Gasteiger partial charge in [0.1, 0.15) is 0 Å². The van der Waals surface area contributed by atoms with Crippen LogP contribution in [0.3, 0.4) is 0 Å². The molecule has 48 valence electrons. The van der Waals surface area contributed by atoms with E-state index in [2.05, 4.69) is 9.39 Å². The first-order valence-corrected chi connectivity index (χ1v) is 3.30. The lowest BCUT2D eigenvalue weighted by molar-refractivity contribution is -0.658. The molecular weight excluding hydrogens is 129 g/mol. The summed E-state index contributed by atoms with van der Waals surface area (Å²) in [6.07, 6.45) is 12.1. The van der Waals surface area contributed by atoms with Crippen molar-refractivity contribution in [2.24, 2.45) is 0 Å². The van der Waals surface area contributed by atoms with E-state index in [0.717, 1.165) is 0 Å². The van der Waals surface area contributed by atoms with E-state index in [0.29, 0.717) is 4.25 Å². The quantitative estimate of drug-likeness (QED) is 0.451. The third kappa shape index (κ3) is 2.13. The highest BCUT2D eigenvalue weighted by molar-refractivity contribution is 7.09. The van der Waals surface area contributed by atoms with E-state index in [-0.39, 0.29) is 0 Å². The zero-order valence-corrected chi connectivity index (χ0v) is 6.41. The van der Waals surface area contributed by atoms with Gasteiger partial charge in [-0.2, -0.15) is 0 Å². The van der Waals surface area contributed by atoms with Crippen molar-refractivity contribution in [1.82, 2.24) is 0 Å². The Hall–Kier alpha value is -0.390. The van der Waals surface area contributed by atoms with Gasteiger partial charge in [-0.05, 0) is 12.2 Å². The molecule has 1 aliphatic rings. The predicted octanol–water partition coefficient (Wildman–Crippen LogP) is 2.09. The molecule has 0 aliphatic carbocycles. The SMILES string of the molecule is C[N+]1([PH-])C=CC=CC=C1.